The van der Waals surface area contributed by atoms with Crippen molar-refractivity contribution in [3.8, 4) is 34.8 Å². The fraction of sp³-hybridized carbons (Fsp3) is 0.111. The molecule has 3 aromatic heterocycles. The Morgan fingerprint density at radius 2 is 1.92 bits per heavy atom. The highest BCUT2D eigenvalue weighted by Crippen LogP contribution is 2.36. The molecule has 9 nitrogen and oxygen atoms in total. The van der Waals surface area contributed by atoms with Crippen molar-refractivity contribution in [2.24, 2.45) is 0 Å². The normalized spacial score (nSPS) is 10.7. The average molecular weight is 542 g/mol. The number of carbonyl (C=O) groups is 1. The second-order valence-corrected chi connectivity index (χ2v) is 9.15. The van der Waals surface area contributed by atoms with Crippen LogP contribution in [0.15, 0.2) is 48.7 Å². The molecule has 0 saturated carbocycles. The number of H-pyrrole nitrogens is 1. The number of methoxy groups -OCH3 is 1. The molecule has 0 bridgehead atoms. The lowest BCUT2D eigenvalue weighted by molar-refractivity contribution is 0.102. The number of aromatic nitrogens is 5. The topological polar surface area (TPSA) is 129 Å². The Bertz CT molecular complexity index is 1830. The van der Waals surface area contributed by atoms with Crippen molar-refractivity contribution < 1.29 is 18.3 Å². The first-order chi connectivity index (χ1) is 18.8. The molecule has 3 heterocycles. The van der Waals surface area contributed by atoms with Gasteiger partial charge in [-0.15, -0.1) is 0 Å². The van der Waals surface area contributed by atoms with E-state index in [9.17, 15) is 18.8 Å². The highest BCUT2D eigenvalue weighted by molar-refractivity contribution is 7.21. The van der Waals surface area contributed by atoms with E-state index >= 15 is 0 Å². The van der Waals surface area contributed by atoms with Crippen LogP contribution < -0.4 is 10.1 Å². The molecule has 0 atom stereocenters. The summed E-state index contributed by atoms with van der Waals surface area (Å²) >= 11 is 1.10. The minimum atomic E-state index is -2.73. The second-order valence-electron chi connectivity index (χ2n) is 8.18. The molecular formula is C27H17F2N7O2S. The van der Waals surface area contributed by atoms with Crippen molar-refractivity contribution in [3.05, 3.63) is 82.4 Å². The number of anilines is 1. The molecule has 0 unspecified atom stereocenters. The Morgan fingerprint density at radius 3 is 2.64 bits per heavy atom. The molecule has 0 aliphatic heterocycles. The predicted molar refractivity (Wildman–Crippen MR) is 141 cm³/mol. The Labute approximate surface area is 224 Å². The smallest absolute Gasteiger partial charge is 0.263 e. The number of fused-ring (bicyclic) bond motifs is 1. The molecule has 0 radical (unpaired) electrons. The van der Waals surface area contributed by atoms with E-state index in [4.69, 9.17) is 4.74 Å². The van der Waals surface area contributed by atoms with E-state index < -0.39 is 12.3 Å². The van der Waals surface area contributed by atoms with Gasteiger partial charge >= 0.3 is 0 Å². The highest BCUT2D eigenvalue weighted by Gasteiger charge is 2.20. The number of aromatic amines is 1. The number of aryl methyl sites for hydroxylation is 1. The summed E-state index contributed by atoms with van der Waals surface area (Å²) in [5.41, 5.74) is 2.83. The van der Waals surface area contributed by atoms with Crippen molar-refractivity contribution in [2.45, 2.75) is 13.3 Å². The number of nitrogens with one attached hydrogen (secondary N) is 2. The van der Waals surface area contributed by atoms with Crippen LogP contribution in [0.5, 0.6) is 5.75 Å². The summed E-state index contributed by atoms with van der Waals surface area (Å²) in [7, 11) is 1.39. The van der Waals surface area contributed by atoms with Crippen molar-refractivity contribution in [1.82, 2.24) is 25.1 Å². The van der Waals surface area contributed by atoms with Crippen LogP contribution in [-0.2, 0) is 0 Å². The number of nitrogens with zero attached hydrogens (tertiary/aromatic N) is 5. The monoisotopic (exact) mass is 541 g/mol. The first-order valence-corrected chi connectivity index (χ1v) is 12.2. The van der Waals surface area contributed by atoms with Gasteiger partial charge in [0.2, 0.25) is 0 Å². The van der Waals surface area contributed by atoms with E-state index in [0.717, 1.165) is 17.0 Å². The van der Waals surface area contributed by atoms with Gasteiger partial charge in [0.05, 0.1) is 24.9 Å². The maximum absolute atomic E-state index is 13.5. The second kappa shape index (κ2) is 10.7. The summed E-state index contributed by atoms with van der Waals surface area (Å²) in [5.74, 6) is 5.50. The van der Waals surface area contributed by atoms with Crippen LogP contribution >= 0.6 is 11.3 Å². The molecule has 12 heteroatoms. The number of nitriles is 1. The first kappa shape index (κ1) is 25.4. The molecule has 1 amide bonds. The van der Waals surface area contributed by atoms with Crippen LogP contribution in [0.4, 0.5) is 13.9 Å². The molecular weight excluding hydrogens is 524 g/mol. The molecule has 0 aliphatic rings. The van der Waals surface area contributed by atoms with Crippen LogP contribution in [-0.4, -0.2) is 38.2 Å². The Balaban J connectivity index is 1.47. The Kier molecular flexibility index (Phi) is 6.95. The zero-order valence-electron chi connectivity index (χ0n) is 20.4. The quantitative estimate of drug-likeness (QED) is 0.291. The van der Waals surface area contributed by atoms with E-state index in [1.165, 1.54) is 49.7 Å². The minimum absolute atomic E-state index is 0.139. The van der Waals surface area contributed by atoms with Gasteiger partial charge in [-0.3, -0.25) is 15.2 Å². The molecule has 192 valence electrons. The van der Waals surface area contributed by atoms with Gasteiger partial charge in [0.1, 0.15) is 17.1 Å². The minimum Gasteiger partial charge on any atom is -0.496 e. The number of thiazole rings is 1. The number of rotatable bonds is 5. The number of benzene rings is 2. The zero-order valence-corrected chi connectivity index (χ0v) is 21.2. The van der Waals surface area contributed by atoms with Gasteiger partial charge in [-0.25, -0.2) is 18.7 Å². The van der Waals surface area contributed by atoms with E-state index in [1.54, 1.807) is 6.07 Å². The summed E-state index contributed by atoms with van der Waals surface area (Å²) in [5, 5.41) is 19.2. The molecule has 2 N–H and O–H groups in total. The summed E-state index contributed by atoms with van der Waals surface area (Å²) < 4.78 is 32.3. The molecule has 0 aliphatic carbocycles. The van der Waals surface area contributed by atoms with Gasteiger partial charge in [0, 0.05) is 22.4 Å². The fourth-order valence-corrected chi connectivity index (χ4v) is 4.51. The predicted octanol–water partition coefficient (Wildman–Crippen LogP) is 5.25. The highest BCUT2D eigenvalue weighted by atomic mass is 32.1. The number of carbonyl (C=O) groups excluding carboxylic acids is 1. The maximum Gasteiger partial charge on any atom is 0.263 e. The van der Waals surface area contributed by atoms with Crippen LogP contribution in [0.2, 0.25) is 0 Å². The summed E-state index contributed by atoms with van der Waals surface area (Å²) in [6.07, 6.45) is -1.26. The van der Waals surface area contributed by atoms with E-state index in [1.807, 2.05) is 13.0 Å². The number of hydrogen-bond acceptors (Lipinski definition) is 8. The van der Waals surface area contributed by atoms with Gasteiger partial charge < -0.3 is 4.74 Å². The zero-order chi connectivity index (χ0) is 27.5. The van der Waals surface area contributed by atoms with Gasteiger partial charge in [-0.2, -0.15) is 15.3 Å². The molecule has 2 aromatic carbocycles. The molecule has 0 spiro atoms. The summed E-state index contributed by atoms with van der Waals surface area (Å²) in [4.78, 5) is 26.8. The lowest BCUT2D eigenvalue weighted by atomic mass is 9.95. The lowest BCUT2D eigenvalue weighted by Gasteiger charge is -2.14. The standard InChI is InChI=1S/C27H17F2N7O2S/c1-14-9-17(36-35-14)5-6-18-13-31-24-26(32-18)39-27(33-24)34-25(37)19-7-3-15(12-30)10-20(19)21-11-16(23(28)29)4-8-22(21)38-2/h3-4,7-11,13,23H,1-2H3,(H,35,36)(H,31,33,34,37). The maximum atomic E-state index is 13.5. The Hall–Kier alpha value is -5.20. The lowest BCUT2D eigenvalue weighted by Crippen LogP contribution is -2.13. The summed E-state index contributed by atoms with van der Waals surface area (Å²) in [6.45, 7) is 1.87. The Morgan fingerprint density at radius 1 is 1.10 bits per heavy atom. The third kappa shape index (κ3) is 5.42. The van der Waals surface area contributed by atoms with Crippen molar-refractivity contribution >= 4 is 32.9 Å². The van der Waals surface area contributed by atoms with E-state index in [0.29, 0.717) is 21.9 Å². The fourth-order valence-electron chi connectivity index (χ4n) is 3.72. The number of hydrogen-bond donors (Lipinski definition) is 2. The van der Waals surface area contributed by atoms with Crippen LogP contribution in [0.1, 0.15) is 45.0 Å². The first-order valence-electron chi connectivity index (χ1n) is 11.3. The van der Waals surface area contributed by atoms with Gasteiger partial charge in [-0.05, 0) is 66.8 Å². The molecule has 5 rings (SSSR count). The van der Waals surface area contributed by atoms with Gasteiger partial charge in [0.25, 0.3) is 12.3 Å². The SMILES string of the molecule is COc1ccc(C(F)F)cc1-c1cc(C#N)ccc1C(=O)Nc1nc2ncc(C#Cc3cc(C)[nH]n3)nc2s1. The van der Waals surface area contributed by atoms with Crippen LogP contribution in [0.3, 0.4) is 0 Å². The van der Waals surface area contributed by atoms with E-state index in [2.05, 4.69) is 42.3 Å². The van der Waals surface area contributed by atoms with Crippen molar-refractivity contribution in [1.29, 1.82) is 5.26 Å². The molecule has 0 saturated heterocycles. The van der Waals surface area contributed by atoms with Gasteiger partial charge in [-0.1, -0.05) is 11.3 Å². The van der Waals surface area contributed by atoms with Crippen molar-refractivity contribution in [3.63, 3.8) is 0 Å². The third-order valence-corrected chi connectivity index (χ3v) is 6.38. The largest absolute Gasteiger partial charge is 0.496 e. The van der Waals surface area contributed by atoms with Crippen LogP contribution in [0, 0.1) is 30.1 Å². The number of ether oxygens (including phenoxy) is 1. The molecule has 0 fully saturated rings. The van der Waals surface area contributed by atoms with Crippen molar-refractivity contribution in [2.75, 3.05) is 12.4 Å². The van der Waals surface area contributed by atoms with E-state index in [-0.39, 0.29) is 38.7 Å². The number of amides is 1. The third-order valence-electron chi connectivity index (χ3n) is 5.53. The van der Waals surface area contributed by atoms with Crippen LogP contribution in [0.25, 0.3) is 21.6 Å². The molecule has 39 heavy (non-hydrogen) atoms. The number of halogens is 2. The molecule has 5 aromatic rings. The average Bonchev–Trinajstić information content (AvgIpc) is 3.55. The number of alkyl halides is 2. The van der Waals surface area contributed by atoms with Gasteiger partial charge in [0.15, 0.2) is 15.6 Å². The summed E-state index contributed by atoms with van der Waals surface area (Å²) in [6, 6.07) is 12.1.